The Morgan fingerprint density at radius 3 is 2.38 bits per heavy atom. The largest absolute Gasteiger partial charge is 0.246 e. The SMILES string of the molecule is O=[SH](=O)Cc1cccc(CF)c1F. The van der Waals surface area contributed by atoms with Crippen LogP contribution in [0.25, 0.3) is 0 Å². The normalized spacial score (nSPS) is 10.7. The zero-order valence-electron chi connectivity index (χ0n) is 6.67. The van der Waals surface area contributed by atoms with E-state index in [0.29, 0.717) is 0 Å². The van der Waals surface area contributed by atoms with Crippen LogP contribution in [0.5, 0.6) is 0 Å². The monoisotopic (exact) mass is 206 g/mol. The third-order valence-electron chi connectivity index (χ3n) is 1.60. The molecule has 0 unspecified atom stereocenters. The Balaban J connectivity index is 3.07. The highest BCUT2D eigenvalue weighted by Crippen LogP contribution is 2.14. The Hall–Kier alpha value is -0.970. The van der Waals surface area contributed by atoms with Gasteiger partial charge in [0, 0.05) is 11.1 Å². The summed E-state index contributed by atoms with van der Waals surface area (Å²) >= 11 is 0. The molecule has 0 spiro atoms. The van der Waals surface area contributed by atoms with Crippen LogP contribution < -0.4 is 0 Å². The lowest BCUT2D eigenvalue weighted by Crippen LogP contribution is -1.96. The number of hydrogen-bond acceptors (Lipinski definition) is 2. The molecule has 0 radical (unpaired) electrons. The van der Waals surface area contributed by atoms with Crippen LogP contribution in [0.2, 0.25) is 0 Å². The Morgan fingerprint density at radius 1 is 1.23 bits per heavy atom. The van der Waals surface area contributed by atoms with Gasteiger partial charge in [0.15, 0.2) is 0 Å². The summed E-state index contributed by atoms with van der Waals surface area (Å²) in [6.45, 7) is -0.921. The Kier molecular flexibility index (Phi) is 3.36. The Bertz CT molecular complexity index is 366. The summed E-state index contributed by atoms with van der Waals surface area (Å²) in [7, 11) is -2.67. The molecule has 0 aromatic heterocycles. The maximum absolute atomic E-state index is 13.1. The molecule has 13 heavy (non-hydrogen) atoms. The quantitative estimate of drug-likeness (QED) is 0.759. The molecule has 0 saturated heterocycles. The molecular weight excluding hydrogens is 198 g/mol. The molecule has 1 aromatic carbocycles. The molecule has 0 saturated carbocycles. The van der Waals surface area contributed by atoms with E-state index in [1.54, 1.807) is 0 Å². The molecule has 0 N–H and O–H groups in total. The molecule has 1 rings (SSSR count). The van der Waals surface area contributed by atoms with E-state index < -0.39 is 23.2 Å². The van der Waals surface area contributed by atoms with Crippen LogP contribution in [0.4, 0.5) is 8.78 Å². The minimum Gasteiger partial charge on any atom is -0.246 e. The third-order valence-corrected chi connectivity index (χ3v) is 2.20. The molecule has 0 fully saturated rings. The highest BCUT2D eigenvalue weighted by molar-refractivity contribution is 7.71. The van der Waals surface area contributed by atoms with Crippen molar-refractivity contribution >= 4 is 10.7 Å². The van der Waals surface area contributed by atoms with Crippen LogP contribution in [0.3, 0.4) is 0 Å². The molecule has 0 amide bonds. The smallest absolute Gasteiger partial charge is 0.144 e. The van der Waals surface area contributed by atoms with Crippen molar-refractivity contribution in [1.82, 2.24) is 0 Å². The number of rotatable bonds is 3. The van der Waals surface area contributed by atoms with Crippen LogP contribution >= 0.6 is 0 Å². The van der Waals surface area contributed by atoms with Gasteiger partial charge in [-0.25, -0.2) is 17.2 Å². The molecule has 0 bridgehead atoms. The summed E-state index contributed by atoms with van der Waals surface area (Å²) in [4.78, 5) is 0. The lowest BCUT2D eigenvalue weighted by molar-refractivity contribution is 0.462. The molecule has 5 heteroatoms. The first-order chi connectivity index (χ1) is 6.15. The van der Waals surface area contributed by atoms with E-state index in [9.17, 15) is 17.2 Å². The van der Waals surface area contributed by atoms with Crippen LogP contribution in [0.1, 0.15) is 11.1 Å². The van der Waals surface area contributed by atoms with Crippen molar-refractivity contribution in [3.05, 3.63) is 35.1 Å². The Morgan fingerprint density at radius 2 is 1.85 bits per heavy atom. The van der Waals surface area contributed by atoms with E-state index in [2.05, 4.69) is 0 Å². The average Bonchev–Trinajstić information content (AvgIpc) is 2.08. The molecule has 0 aliphatic rings. The van der Waals surface area contributed by atoms with Gasteiger partial charge in [-0.1, -0.05) is 18.2 Å². The summed E-state index contributed by atoms with van der Waals surface area (Å²) in [5, 5.41) is 0. The fourth-order valence-corrected chi connectivity index (χ4v) is 1.52. The lowest BCUT2D eigenvalue weighted by atomic mass is 10.1. The minimum atomic E-state index is -2.67. The number of benzene rings is 1. The van der Waals surface area contributed by atoms with E-state index in [-0.39, 0.29) is 16.9 Å². The molecule has 0 atom stereocenters. The number of hydrogen-bond donors (Lipinski definition) is 1. The van der Waals surface area contributed by atoms with E-state index >= 15 is 0 Å². The van der Waals surface area contributed by atoms with Gasteiger partial charge in [-0.2, -0.15) is 0 Å². The van der Waals surface area contributed by atoms with E-state index in [1.807, 2.05) is 0 Å². The van der Waals surface area contributed by atoms with Crippen LogP contribution in [0, 0.1) is 5.82 Å². The summed E-state index contributed by atoms with van der Waals surface area (Å²) in [5.41, 5.74) is -0.0828. The second kappa shape index (κ2) is 4.32. The van der Waals surface area contributed by atoms with Crippen molar-refractivity contribution in [3.63, 3.8) is 0 Å². The van der Waals surface area contributed by atoms with Gasteiger partial charge < -0.3 is 0 Å². The average molecular weight is 206 g/mol. The van der Waals surface area contributed by atoms with E-state index in [1.165, 1.54) is 18.2 Å². The Labute approximate surface area is 76.1 Å². The molecular formula is C8H8F2O2S. The minimum absolute atomic E-state index is 0.0197. The molecule has 72 valence electrons. The van der Waals surface area contributed by atoms with Crippen molar-refractivity contribution in [2.75, 3.05) is 0 Å². The molecule has 0 aliphatic carbocycles. The van der Waals surface area contributed by atoms with E-state index in [4.69, 9.17) is 0 Å². The first-order valence-corrected chi connectivity index (χ1v) is 4.95. The van der Waals surface area contributed by atoms with Gasteiger partial charge in [0.25, 0.3) is 0 Å². The summed E-state index contributed by atoms with van der Waals surface area (Å²) in [6.07, 6.45) is 0. The van der Waals surface area contributed by atoms with Gasteiger partial charge in [-0.05, 0) is 0 Å². The number of halogens is 2. The van der Waals surface area contributed by atoms with Crippen molar-refractivity contribution in [2.45, 2.75) is 12.4 Å². The topological polar surface area (TPSA) is 34.1 Å². The van der Waals surface area contributed by atoms with Gasteiger partial charge in [-0.3, -0.25) is 0 Å². The van der Waals surface area contributed by atoms with Crippen molar-refractivity contribution < 1.29 is 17.2 Å². The van der Waals surface area contributed by atoms with Crippen molar-refractivity contribution in [2.24, 2.45) is 0 Å². The lowest BCUT2D eigenvalue weighted by Gasteiger charge is -2.01. The molecule has 1 aromatic rings. The highest BCUT2D eigenvalue weighted by Gasteiger charge is 2.07. The number of alkyl halides is 1. The zero-order chi connectivity index (χ0) is 9.84. The summed E-state index contributed by atoms with van der Waals surface area (Å²) < 4.78 is 45.8. The highest BCUT2D eigenvalue weighted by atomic mass is 32.2. The molecule has 0 aliphatic heterocycles. The zero-order valence-corrected chi connectivity index (χ0v) is 7.56. The fraction of sp³-hybridized carbons (Fsp3) is 0.250. The van der Waals surface area contributed by atoms with Crippen LogP contribution in [-0.4, -0.2) is 8.42 Å². The fourth-order valence-electron chi connectivity index (χ4n) is 0.997. The van der Waals surface area contributed by atoms with Crippen molar-refractivity contribution in [3.8, 4) is 0 Å². The predicted molar refractivity (Wildman–Crippen MR) is 45.2 cm³/mol. The second-order valence-corrected chi connectivity index (χ2v) is 3.50. The third kappa shape index (κ3) is 2.48. The van der Waals surface area contributed by atoms with Gasteiger partial charge >= 0.3 is 0 Å². The van der Waals surface area contributed by atoms with Crippen LogP contribution in [-0.2, 0) is 23.1 Å². The first kappa shape index (κ1) is 10.1. The van der Waals surface area contributed by atoms with Gasteiger partial charge in [-0.15, -0.1) is 0 Å². The van der Waals surface area contributed by atoms with Crippen LogP contribution in [0.15, 0.2) is 18.2 Å². The maximum atomic E-state index is 13.1. The summed E-state index contributed by atoms with van der Waals surface area (Å²) in [6, 6.07) is 4.06. The predicted octanol–water partition coefficient (Wildman–Crippen LogP) is 1.41. The first-order valence-electron chi connectivity index (χ1n) is 3.59. The van der Waals surface area contributed by atoms with Crippen molar-refractivity contribution in [1.29, 1.82) is 0 Å². The van der Waals surface area contributed by atoms with E-state index in [0.717, 1.165) is 0 Å². The summed E-state index contributed by atoms with van der Waals surface area (Å²) in [5.74, 6) is -1.14. The van der Waals surface area contributed by atoms with Gasteiger partial charge in [0.05, 0.1) is 5.75 Å². The van der Waals surface area contributed by atoms with Gasteiger partial charge in [0.2, 0.25) is 0 Å². The van der Waals surface area contributed by atoms with Gasteiger partial charge in [0.1, 0.15) is 23.2 Å². The standard InChI is InChI=1S/C8H8F2O2S/c9-4-6-2-1-3-7(8(6)10)5-13(11)12/h1-3,13H,4-5H2. The second-order valence-electron chi connectivity index (χ2n) is 2.51. The maximum Gasteiger partial charge on any atom is 0.144 e. The molecule has 2 nitrogen and oxygen atoms in total. The number of thiol groups is 1. The molecule has 0 heterocycles.